The van der Waals surface area contributed by atoms with Crippen molar-refractivity contribution in [1.29, 1.82) is 0 Å². The molecule has 8 rings (SSSR count). The van der Waals surface area contributed by atoms with Gasteiger partial charge < -0.3 is 14.4 Å². The fourth-order valence-electron chi connectivity index (χ4n) is 6.34. The van der Waals surface area contributed by atoms with E-state index in [-0.39, 0.29) is 25.8 Å². The van der Waals surface area contributed by atoms with Crippen molar-refractivity contribution in [3.8, 4) is 22.5 Å². The molecule has 1 aliphatic carbocycles. The van der Waals surface area contributed by atoms with Gasteiger partial charge in [-0.05, 0) is 90.8 Å². The molecular formula is C42H37IrN3O-2. The fourth-order valence-corrected chi connectivity index (χ4v) is 6.34. The molecular weight excluding hydrogens is 755 g/mol. The smallest absolute Gasteiger partial charge is 0.216 e. The number of fused-ring (bicyclic) bond motifs is 3. The van der Waals surface area contributed by atoms with Crippen LogP contribution < -0.4 is 0 Å². The van der Waals surface area contributed by atoms with E-state index in [1.165, 1.54) is 48.8 Å². The van der Waals surface area contributed by atoms with Gasteiger partial charge in [0.2, 0.25) is 5.71 Å². The summed E-state index contributed by atoms with van der Waals surface area (Å²) in [6, 6.07) is 38.5. The number of pyridine rings is 3. The van der Waals surface area contributed by atoms with E-state index >= 15 is 0 Å². The summed E-state index contributed by atoms with van der Waals surface area (Å²) in [5.41, 5.74) is 9.59. The Kier molecular flexibility index (Phi) is 9.16. The first-order chi connectivity index (χ1) is 23.8. The van der Waals surface area contributed by atoms with E-state index in [0.717, 1.165) is 45.3 Å². The molecule has 0 bridgehead atoms. The van der Waals surface area contributed by atoms with Crippen LogP contribution in [-0.2, 0) is 26.5 Å². The summed E-state index contributed by atoms with van der Waals surface area (Å²) in [6.07, 6.45) is 11.2. The van der Waals surface area contributed by atoms with Crippen molar-refractivity contribution in [1.82, 2.24) is 15.0 Å². The molecule has 47 heavy (non-hydrogen) atoms. The van der Waals surface area contributed by atoms with Crippen LogP contribution in [0.5, 0.6) is 0 Å². The van der Waals surface area contributed by atoms with E-state index in [1.807, 2.05) is 60.8 Å². The van der Waals surface area contributed by atoms with Crippen LogP contribution in [0.3, 0.4) is 0 Å². The fraction of sp³-hybridized carbons (Fsp3) is 0.214. The van der Waals surface area contributed by atoms with Crippen LogP contribution in [0.2, 0.25) is 0 Å². The number of furan rings is 1. The van der Waals surface area contributed by atoms with Crippen LogP contribution in [-0.4, -0.2) is 15.0 Å². The third-order valence-electron chi connectivity index (χ3n) is 8.87. The van der Waals surface area contributed by atoms with Crippen LogP contribution in [0.15, 0.2) is 114 Å². The predicted octanol–water partition coefficient (Wildman–Crippen LogP) is 10.6. The maximum atomic E-state index is 7.67. The van der Waals surface area contributed by atoms with E-state index in [1.54, 1.807) is 18.3 Å². The zero-order valence-corrected chi connectivity index (χ0v) is 28.7. The van der Waals surface area contributed by atoms with Crippen molar-refractivity contribution >= 4 is 22.1 Å². The molecule has 0 amide bonds. The average Bonchev–Trinajstić information content (AvgIpc) is 3.52. The van der Waals surface area contributed by atoms with Crippen LogP contribution in [0, 0.1) is 25.9 Å². The number of hydrogen-bond donors (Lipinski definition) is 0. The zero-order chi connectivity index (χ0) is 33.8. The number of aryl methyl sites for hydroxylation is 2. The van der Waals surface area contributed by atoms with Crippen LogP contribution >= 0.6 is 0 Å². The van der Waals surface area contributed by atoms with Gasteiger partial charge in [-0.15, -0.1) is 54.1 Å². The molecule has 7 aromatic rings. The summed E-state index contributed by atoms with van der Waals surface area (Å²) in [7, 11) is 0. The van der Waals surface area contributed by atoms with Crippen molar-refractivity contribution < 1.29 is 28.6 Å². The Bertz CT molecular complexity index is 2140. The molecule has 4 heterocycles. The Balaban J connectivity index is 0.000000281. The molecule has 1 radical (unpaired) electrons. The van der Waals surface area contributed by atoms with Gasteiger partial charge in [-0.3, -0.25) is 0 Å². The summed E-state index contributed by atoms with van der Waals surface area (Å²) in [5, 5.41) is 1.65. The second-order valence-electron chi connectivity index (χ2n) is 12.0. The van der Waals surface area contributed by atoms with Crippen LogP contribution in [0.1, 0.15) is 70.1 Å². The van der Waals surface area contributed by atoms with Crippen LogP contribution in [0.25, 0.3) is 44.6 Å². The molecule has 0 aliphatic heterocycles. The number of nitrogens with zero attached hydrogens (tertiary/aromatic N) is 3. The first-order valence-corrected chi connectivity index (χ1v) is 16.0. The van der Waals surface area contributed by atoms with E-state index in [4.69, 9.17) is 13.5 Å². The van der Waals surface area contributed by atoms with Gasteiger partial charge in [0.1, 0.15) is 0 Å². The van der Waals surface area contributed by atoms with Gasteiger partial charge in [-0.25, -0.2) is 4.98 Å². The van der Waals surface area contributed by atoms with Crippen molar-refractivity contribution in [3.05, 3.63) is 150 Å². The topological polar surface area (TPSA) is 51.8 Å². The zero-order valence-electron chi connectivity index (χ0n) is 29.3. The molecule has 0 N–H and O–H groups in total. The Morgan fingerprint density at radius 1 is 0.830 bits per heavy atom. The minimum atomic E-state index is -2.29. The van der Waals surface area contributed by atoms with Crippen LogP contribution in [0.4, 0.5) is 0 Å². The Morgan fingerprint density at radius 3 is 2.45 bits per heavy atom. The van der Waals surface area contributed by atoms with E-state index in [0.29, 0.717) is 17.2 Å². The van der Waals surface area contributed by atoms with Crippen molar-refractivity contribution in [3.63, 3.8) is 0 Å². The van der Waals surface area contributed by atoms with Crippen molar-refractivity contribution in [2.24, 2.45) is 0 Å². The minimum Gasteiger partial charge on any atom is -0.486 e. The monoisotopic (exact) mass is 795 g/mol. The van der Waals surface area contributed by atoms with Gasteiger partial charge in [0.25, 0.3) is 0 Å². The molecule has 4 aromatic heterocycles. The van der Waals surface area contributed by atoms with E-state index in [2.05, 4.69) is 59.4 Å². The third-order valence-corrected chi connectivity index (χ3v) is 8.87. The van der Waals surface area contributed by atoms with Gasteiger partial charge in [-0.2, -0.15) is 0 Å². The second kappa shape index (κ2) is 15.0. The maximum Gasteiger partial charge on any atom is 0.216 e. The minimum absolute atomic E-state index is 0. The standard InChI is InChI=1S/C31H29N2O.C11H8N.Ir/c1-20-19-32-29(28-10-6-9-26-27-16-11-21(2)33-31(27)34-30(26)28)18-25(20)17-22-12-14-24(15-13-22)23-7-4-3-5-8-23;1-2-6-10(7-3-1)11-8-4-5-9-12-11;/h6,9,11-16,18-19,23H,3-5,7-8,17H2,1-2H3;1-6,8-9H;/q2*-1;/i2D3;;. The van der Waals surface area contributed by atoms with Gasteiger partial charge in [0, 0.05) is 47.7 Å². The van der Waals surface area contributed by atoms with Gasteiger partial charge in [-0.1, -0.05) is 72.7 Å². The summed E-state index contributed by atoms with van der Waals surface area (Å²) in [5.74, 6) is 0.710. The molecule has 1 aliphatic rings. The molecule has 4 nitrogen and oxygen atoms in total. The van der Waals surface area contributed by atoms with E-state index < -0.39 is 6.85 Å². The normalized spacial score (nSPS) is 14.4. The number of hydrogen-bond acceptors (Lipinski definition) is 4. The summed E-state index contributed by atoms with van der Waals surface area (Å²) in [4.78, 5) is 13.2. The molecule has 1 saturated carbocycles. The van der Waals surface area contributed by atoms with Gasteiger partial charge >= 0.3 is 0 Å². The van der Waals surface area contributed by atoms with Gasteiger partial charge in [0.05, 0.1) is 5.58 Å². The predicted molar refractivity (Wildman–Crippen MR) is 187 cm³/mol. The average molecular weight is 795 g/mol. The number of benzene rings is 3. The third kappa shape index (κ3) is 7.43. The molecule has 0 unspecified atom stereocenters. The van der Waals surface area contributed by atoms with Crippen molar-refractivity contribution in [2.75, 3.05) is 0 Å². The summed E-state index contributed by atoms with van der Waals surface area (Å²) in [6.45, 7) is -0.196. The summed E-state index contributed by atoms with van der Waals surface area (Å²) >= 11 is 0. The Labute approximate surface area is 294 Å². The SMILES string of the molecule is [2H]C([2H])([2H])c1ccc2c(n1)oc1c(-c3cc(Cc4ccc(C5CCCCC5)cc4)c(C)cn3)[c-]ccc12.[Ir].[c-]1ccccc1-c1ccccn1. The summed E-state index contributed by atoms with van der Waals surface area (Å²) < 4.78 is 29.1. The maximum absolute atomic E-state index is 7.67. The molecule has 237 valence electrons. The molecule has 0 saturated heterocycles. The van der Waals surface area contributed by atoms with Gasteiger partial charge in [0.15, 0.2) is 0 Å². The molecule has 3 aromatic carbocycles. The largest absolute Gasteiger partial charge is 0.486 e. The van der Waals surface area contributed by atoms with Crippen molar-refractivity contribution in [2.45, 2.75) is 58.2 Å². The Hall–Kier alpha value is -4.44. The molecule has 0 spiro atoms. The Morgan fingerprint density at radius 2 is 1.68 bits per heavy atom. The quantitative estimate of drug-likeness (QED) is 0.163. The first-order valence-electron chi connectivity index (χ1n) is 17.5. The number of aromatic nitrogens is 3. The second-order valence-corrected chi connectivity index (χ2v) is 12.0. The van der Waals surface area contributed by atoms with E-state index in [9.17, 15) is 0 Å². The number of rotatable bonds is 5. The molecule has 1 fully saturated rings. The molecule has 5 heteroatoms. The molecule has 0 atom stereocenters. The first kappa shape index (κ1) is 28.8.